The van der Waals surface area contributed by atoms with Crippen LogP contribution in [0.5, 0.6) is 0 Å². The molecule has 1 fully saturated rings. The van der Waals surface area contributed by atoms with Crippen LogP contribution in [-0.2, 0) is 9.47 Å². The SMILES string of the molecule is C=CN[C@@H]1CCOC[C@H]1OC. The Morgan fingerprint density at radius 2 is 2.55 bits per heavy atom. The number of methoxy groups -OCH3 is 1. The van der Waals surface area contributed by atoms with Gasteiger partial charge in [0, 0.05) is 13.7 Å². The van der Waals surface area contributed by atoms with E-state index in [1.165, 1.54) is 0 Å². The molecule has 0 radical (unpaired) electrons. The first-order valence-corrected chi connectivity index (χ1v) is 3.86. The third kappa shape index (κ3) is 2.20. The molecule has 1 heterocycles. The molecule has 3 nitrogen and oxygen atoms in total. The Bertz CT molecular complexity index is 127. The van der Waals surface area contributed by atoms with Gasteiger partial charge in [-0.25, -0.2) is 0 Å². The van der Waals surface area contributed by atoms with Gasteiger partial charge in [-0.1, -0.05) is 6.58 Å². The summed E-state index contributed by atoms with van der Waals surface area (Å²) >= 11 is 0. The second-order valence-electron chi connectivity index (χ2n) is 2.62. The molecule has 0 amide bonds. The summed E-state index contributed by atoms with van der Waals surface area (Å²) in [6.07, 6.45) is 2.87. The quantitative estimate of drug-likeness (QED) is 0.648. The number of rotatable bonds is 3. The van der Waals surface area contributed by atoms with Gasteiger partial charge in [0.05, 0.1) is 12.6 Å². The van der Waals surface area contributed by atoms with Crippen LogP contribution in [0.3, 0.4) is 0 Å². The normalized spacial score (nSPS) is 31.4. The molecule has 1 saturated heterocycles. The van der Waals surface area contributed by atoms with Crippen molar-refractivity contribution in [1.82, 2.24) is 5.32 Å². The summed E-state index contributed by atoms with van der Waals surface area (Å²) in [5, 5.41) is 3.14. The highest BCUT2D eigenvalue weighted by Gasteiger charge is 2.23. The predicted molar refractivity (Wildman–Crippen MR) is 43.4 cm³/mol. The average molecular weight is 157 g/mol. The minimum Gasteiger partial charge on any atom is -0.386 e. The van der Waals surface area contributed by atoms with Crippen LogP contribution in [0.1, 0.15) is 6.42 Å². The zero-order valence-corrected chi connectivity index (χ0v) is 6.88. The van der Waals surface area contributed by atoms with Crippen LogP contribution < -0.4 is 5.32 Å². The molecule has 64 valence electrons. The monoisotopic (exact) mass is 157 g/mol. The van der Waals surface area contributed by atoms with Crippen LogP contribution in [0.2, 0.25) is 0 Å². The molecule has 0 spiro atoms. The maximum absolute atomic E-state index is 5.25. The molecule has 0 unspecified atom stereocenters. The van der Waals surface area contributed by atoms with Crippen LogP contribution in [0.15, 0.2) is 12.8 Å². The van der Waals surface area contributed by atoms with E-state index in [0.29, 0.717) is 12.6 Å². The number of hydrogen-bond donors (Lipinski definition) is 1. The van der Waals surface area contributed by atoms with Crippen molar-refractivity contribution in [3.8, 4) is 0 Å². The lowest BCUT2D eigenvalue weighted by molar-refractivity contribution is -0.0468. The maximum atomic E-state index is 5.25. The number of nitrogens with one attached hydrogen (secondary N) is 1. The van der Waals surface area contributed by atoms with Crippen molar-refractivity contribution in [3.63, 3.8) is 0 Å². The summed E-state index contributed by atoms with van der Waals surface area (Å²) in [6.45, 7) is 5.11. The Hall–Kier alpha value is -0.540. The van der Waals surface area contributed by atoms with E-state index in [1.807, 2.05) is 0 Å². The van der Waals surface area contributed by atoms with E-state index < -0.39 is 0 Å². The molecule has 3 heteroatoms. The molecule has 0 aromatic carbocycles. The molecule has 1 aliphatic heterocycles. The fourth-order valence-electron chi connectivity index (χ4n) is 1.29. The van der Waals surface area contributed by atoms with Crippen molar-refractivity contribution in [2.75, 3.05) is 20.3 Å². The molecular weight excluding hydrogens is 142 g/mol. The molecule has 1 rings (SSSR count). The third-order valence-electron chi connectivity index (χ3n) is 1.94. The molecule has 1 N–H and O–H groups in total. The second-order valence-corrected chi connectivity index (χ2v) is 2.62. The van der Waals surface area contributed by atoms with Crippen LogP contribution in [-0.4, -0.2) is 32.5 Å². The van der Waals surface area contributed by atoms with Crippen molar-refractivity contribution < 1.29 is 9.47 Å². The zero-order chi connectivity index (χ0) is 8.10. The van der Waals surface area contributed by atoms with Gasteiger partial charge in [0.25, 0.3) is 0 Å². The molecule has 0 aromatic heterocycles. The molecular formula is C8H15NO2. The van der Waals surface area contributed by atoms with Crippen molar-refractivity contribution in [2.24, 2.45) is 0 Å². The van der Waals surface area contributed by atoms with E-state index >= 15 is 0 Å². The van der Waals surface area contributed by atoms with Gasteiger partial charge in [-0.15, -0.1) is 0 Å². The van der Waals surface area contributed by atoms with Gasteiger partial charge in [-0.2, -0.15) is 0 Å². The summed E-state index contributed by atoms with van der Waals surface area (Å²) < 4.78 is 10.5. The largest absolute Gasteiger partial charge is 0.386 e. The van der Waals surface area contributed by atoms with Gasteiger partial charge in [0.2, 0.25) is 0 Å². The van der Waals surface area contributed by atoms with Gasteiger partial charge >= 0.3 is 0 Å². The maximum Gasteiger partial charge on any atom is 0.101 e. The molecule has 0 aliphatic carbocycles. The van der Waals surface area contributed by atoms with Gasteiger partial charge in [0.15, 0.2) is 0 Å². The van der Waals surface area contributed by atoms with Crippen LogP contribution in [0.4, 0.5) is 0 Å². The van der Waals surface area contributed by atoms with Gasteiger partial charge in [-0.3, -0.25) is 0 Å². The first-order chi connectivity index (χ1) is 5.38. The van der Waals surface area contributed by atoms with Gasteiger partial charge in [0.1, 0.15) is 6.10 Å². The smallest absolute Gasteiger partial charge is 0.101 e. The van der Waals surface area contributed by atoms with Crippen LogP contribution in [0, 0.1) is 0 Å². The van der Waals surface area contributed by atoms with E-state index in [-0.39, 0.29) is 6.10 Å². The summed E-state index contributed by atoms with van der Waals surface area (Å²) in [7, 11) is 1.71. The highest BCUT2D eigenvalue weighted by Crippen LogP contribution is 2.09. The van der Waals surface area contributed by atoms with E-state index in [9.17, 15) is 0 Å². The summed E-state index contributed by atoms with van der Waals surface area (Å²) in [5.41, 5.74) is 0. The van der Waals surface area contributed by atoms with Gasteiger partial charge in [-0.05, 0) is 12.6 Å². The van der Waals surface area contributed by atoms with Crippen LogP contribution >= 0.6 is 0 Å². The van der Waals surface area contributed by atoms with E-state index in [2.05, 4.69) is 11.9 Å². The Morgan fingerprint density at radius 3 is 3.18 bits per heavy atom. The van der Waals surface area contributed by atoms with E-state index in [1.54, 1.807) is 13.3 Å². The Labute approximate surface area is 67.4 Å². The fraction of sp³-hybridized carbons (Fsp3) is 0.750. The summed E-state index contributed by atoms with van der Waals surface area (Å²) in [4.78, 5) is 0. The molecule has 0 bridgehead atoms. The standard InChI is InChI=1S/C8H15NO2/c1-3-9-7-4-5-11-6-8(7)10-2/h3,7-9H,1,4-6H2,2H3/t7-,8-/m1/s1. The lowest BCUT2D eigenvalue weighted by Crippen LogP contribution is -2.45. The van der Waals surface area contributed by atoms with Crippen molar-refractivity contribution in [2.45, 2.75) is 18.6 Å². The zero-order valence-electron chi connectivity index (χ0n) is 6.88. The van der Waals surface area contributed by atoms with Crippen LogP contribution in [0.25, 0.3) is 0 Å². The summed E-state index contributed by atoms with van der Waals surface area (Å²) in [6, 6.07) is 0.367. The molecule has 11 heavy (non-hydrogen) atoms. The number of ether oxygens (including phenoxy) is 2. The second kappa shape index (κ2) is 4.36. The van der Waals surface area contributed by atoms with Crippen molar-refractivity contribution in [3.05, 3.63) is 12.8 Å². The first-order valence-electron chi connectivity index (χ1n) is 3.86. The first kappa shape index (κ1) is 8.56. The predicted octanol–water partition coefficient (Wildman–Crippen LogP) is 0.523. The van der Waals surface area contributed by atoms with Crippen molar-refractivity contribution >= 4 is 0 Å². The Kier molecular flexibility index (Phi) is 3.39. The molecule has 1 aliphatic rings. The lowest BCUT2D eigenvalue weighted by atomic mass is 10.1. The Balaban J connectivity index is 2.37. The highest BCUT2D eigenvalue weighted by molar-refractivity contribution is 4.83. The van der Waals surface area contributed by atoms with E-state index in [0.717, 1.165) is 13.0 Å². The average Bonchev–Trinajstić information content (AvgIpc) is 2.06. The molecule has 2 atom stereocenters. The number of hydrogen-bond acceptors (Lipinski definition) is 3. The minimum atomic E-state index is 0.168. The van der Waals surface area contributed by atoms with E-state index in [4.69, 9.17) is 9.47 Å². The highest BCUT2D eigenvalue weighted by atomic mass is 16.5. The molecule has 0 saturated carbocycles. The van der Waals surface area contributed by atoms with Crippen molar-refractivity contribution in [1.29, 1.82) is 0 Å². The van der Waals surface area contributed by atoms with Gasteiger partial charge < -0.3 is 14.8 Å². The summed E-state index contributed by atoms with van der Waals surface area (Å²) in [5.74, 6) is 0. The topological polar surface area (TPSA) is 30.5 Å². The Morgan fingerprint density at radius 1 is 1.73 bits per heavy atom. The molecule has 0 aromatic rings. The minimum absolute atomic E-state index is 0.168. The third-order valence-corrected chi connectivity index (χ3v) is 1.94. The fourth-order valence-corrected chi connectivity index (χ4v) is 1.29. The lowest BCUT2D eigenvalue weighted by Gasteiger charge is -2.30.